The van der Waals surface area contributed by atoms with Crippen LogP contribution in [0.2, 0.25) is 0 Å². The van der Waals surface area contributed by atoms with Gasteiger partial charge in [0.15, 0.2) is 5.78 Å². The van der Waals surface area contributed by atoms with Crippen molar-refractivity contribution < 1.29 is 14.4 Å². The molecule has 0 bridgehead atoms. The van der Waals surface area contributed by atoms with Gasteiger partial charge in [-0.1, -0.05) is 42.8 Å². The van der Waals surface area contributed by atoms with Crippen LogP contribution in [0.3, 0.4) is 0 Å². The minimum Gasteiger partial charge on any atom is -0.349 e. The maximum absolute atomic E-state index is 13.2. The molecule has 1 N–H and O–H groups in total. The SMILES string of the molecule is CCC(CC1CC(=O)C(c2c(C)cc(C)cc2C)C1=O)NC(=O)c1ccccc1. The first-order valence-corrected chi connectivity index (χ1v) is 10.3. The lowest BCUT2D eigenvalue weighted by Gasteiger charge is -2.21. The molecule has 2 aromatic carbocycles. The van der Waals surface area contributed by atoms with Crippen molar-refractivity contribution in [3.63, 3.8) is 0 Å². The van der Waals surface area contributed by atoms with Gasteiger partial charge in [-0.25, -0.2) is 0 Å². The number of rotatable bonds is 6. The maximum atomic E-state index is 13.2. The summed E-state index contributed by atoms with van der Waals surface area (Å²) in [5, 5.41) is 3.03. The third-order valence-corrected chi connectivity index (χ3v) is 5.92. The molecule has 3 unspecified atom stereocenters. The van der Waals surface area contributed by atoms with Crippen LogP contribution >= 0.6 is 0 Å². The molecule has 1 aliphatic rings. The summed E-state index contributed by atoms with van der Waals surface area (Å²) in [4.78, 5) is 38.4. The lowest BCUT2D eigenvalue weighted by Crippen LogP contribution is -2.36. The highest BCUT2D eigenvalue weighted by atomic mass is 16.2. The van der Waals surface area contributed by atoms with Crippen molar-refractivity contribution in [3.8, 4) is 0 Å². The Morgan fingerprint density at radius 1 is 1.07 bits per heavy atom. The van der Waals surface area contributed by atoms with E-state index in [1.54, 1.807) is 12.1 Å². The summed E-state index contributed by atoms with van der Waals surface area (Å²) in [7, 11) is 0. The molecule has 1 saturated carbocycles. The van der Waals surface area contributed by atoms with Crippen LogP contribution in [-0.2, 0) is 9.59 Å². The minimum absolute atomic E-state index is 0.000656. The predicted octanol–water partition coefficient (Wildman–Crippen LogP) is 4.45. The molecule has 0 saturated heterocycles. The van der Waals surface area contributed by atoms with E-state index in [-0.39, 0.29) is 35.9 Å². The number of nitrogens with one attached hydrogen (secondary N) is 1. The van der Waals surface area contributed by atoms with Gasteiger partial charge in [-0.05, 0) is 62.4 Å². The van der Waals surface area contributed by atoms with Crippen LogP contribution in [0, 0.1) is 26.7 Å². The number of hydrogen-bond donors (Lipinski definition) is 1. The fourth-order valence-electron chi connectivity index (χ4n) is 4.53. The van der Waals surface area contributed by atoms with E-state index >= 15 is 0 Å². The summed E-state index contributed by atoms with van der Waals surface area (Å²) in [5.74, 6) is -1.15. The van der Waals surface area contributed by atoms with E-state index in [0.717, 1.165) is 22.3 Å². The molecule has 0 heterocycles. The molecule has 0 aliphatic heterocycles. The third kappa shape index (κ3) is 4.47. The Hall–Kier alpha value is -2.75. The van der Waals surface area contributed by atoms with E-state index in [2.05, 4.69) is 5.32 Å². The average Bonchev–Trinajstić information content (AvgIpc) is 2.95. The number of benzene rings is 2. The molecule has 3 atom stereocenters. The Morgan fingerprint density at radius 3 is 2.28 bits per heavy atom. The van der Waals surface area contributed by atoms with Crippen LogP contribution in [0.4, 0.5) is 0 Å². The second-order valence-electron chi connectivity index (χ2n) is 8.20. The Bertz CT molecular complexity index is 909. The molecule has 3 rings (SSSR count). The van der Waals surface area contributed by atoms with E-state index in [4.69, 9.17) is 0 Å². The zero-order valence-corrected chi connectivity index (χ0v) is 17.6. The summed E-state index contributed by atoms with van der Waals surface area (Å²) < 4.78 is 0. The smallest absolute Gasteiger partial charge is 0.251 e. The summed E-state index contributed by atoms with van der Waals surface area (Å²) in [5.41, 5.74) is 4.60. The van der Waals surface area contributed by atoms with E-state index in [1.807, 2.05) is 58.0 Å². The van der Waals surface area contributed by atoms with Crippen molar-refractivity contribution >= 4 is 17.5 Å². The Labute approximate surface area is 172 Å². The van der Waals surface area contributed by atoms with Gasteiger partial charge in [0, 0.05) is 23.9 Å². The van der Waals surface area contributed by atoms with Gasteiger partial charge in [-0.3, -0.25) is 14.4 Å². The number of amides is 1. The molecule has 1 fully saturated rings. The Kier molecular flexibility index (Phi) is 6.31. The molecular formula is C25H29NO3. The largest absolute Gasteiger partial charge is 0.349 e. The second-order valence-corrected chi connectivity index (χ2v) is 8.20. The van der Waals surface area contributed by atoms with Crippen LogP contribution in [0.5, 0.6) is 0 Å². The first-order chi connectivity index (χ1) is 13.8. The van der Waals surface area contributed by atoms with Crippen LogP contribution in [0.15, 0.2) is 42.5 Å². The van der Waals surface area contributed by atoms with Gasteiger partial charge in [0.2, 0.25) is 0 Å². The van der Waals surface area contributed by atoms with Crippen molar-refractivity contribution in [1.82, 2.24) is 5.32 Å². The lowest BCUT2D eigenvalue weighted by molar-refractivity contribution is -0.125. The Morgan fingerprint density at radius 2 is 1.69 bits per heavy atom. The molecule has 4 heteroatoms. The number of ketones is 2. The number of carbonyl (C=O) groups is 3. The number of carbonyl (C=O) groups excluding carboxylic acids is 3. The van der Waals surface area contributed by atoms with Gasteiger partial charge < -0.3 is 5.32 Å². The van der Waals surface area contributed by atoms with Gasteiger partial charge in [-0.15, -0.1) is 0 Å². The van der Waals surface area contributed by atoms with Gasteiger partial charge in [0.05, 0.1) is 0 Å². The highest BCUT2D eigenvalue weighted by Gasteiger charge is 2.43. The molecule has 1 aliphatic carbocycles. The fourth-order valence-corrected chi connectivity index (χ4v) is 4.53. The van der Waals surface area contributed by atoms with Crippen molar-refractivity contribution in [2.24, 2.45) is 5.92 Å². The van der Waals surface area contributed by atoms with Crippen LogP contribution in [0.1, 0.15) is 64.7 Å². The summed E-state index contributed by atoms with van der Waals surface area (Å²) in [6, 6.07) is 13.0. The van der Waals surface area contributed by atoms with Crippen molar-refractivity contribution in [1.29, 1.82) is 0 Å². The first-order valence-electron chi connectivity index (χ1n) is 10.3. The van der Waals surface area contributed by atoms with E-state index < -0.39 is 5.92 Å². The van der Waals surface area contributed by atoms with Crippen LogP contribution < -0.4 is 5.32 Å². The Balaban J connectivity index is 1.74. The number of Topliss-reactive ketones (excluding diaryl/α,β-unsaturated/α-hetero) is 2. The van der Waals surface area contributed by atoms with Crippen LogP contribution in [0.25, 0.3) is 0 Å². The maximum Gasteiger partial charge on any atom is 0.251 e. The summed E-state index contributed by atoms with van der Waals surface area (Å²) in [6.45, 7) is 7.95. The monoisotopic (exact) mass is 391 g/mol. The van der Waals surface area contributed by atoms with E-state index in [0.29, 0.717) is 18.4 Å². The molecule has 0 aromatic heterocycles. The summed E-state index contributed by atoms with van der Waals surface area (Å²) in [6.07, 6.45) is 1.47. The number of aryl methyl sites for hydroxylation is 3. The van der Waals surface area contributed by atoms with E-state index in [9.17, 15) is 14.4 Å². The third-order valence-electron chi connectivity index (χ3n) is 5.92. The minimum atomic E-state index is -0.664. The van der Waals surface area contributed by atoms with Gasteiger partial charge in [0.1, 0.15) is 11.7 Å². The van der Waals surface area contributed by atoms with Crippen LogP contribution in [-0.4, -0.2) is 23.5 Å². The lowest BCUT2D eigenvalue weighted by atomic mass is 9.85. The van der Waals surface area contributed by atoms with Gasteiger partial charge in [0.25, 0.3) is 5.91 Å². The van der Waals surface area contributed by atoms with Crippen molar-refractivity contribution in [3.05, 3.63) is 70.3 Å². The zero-order valence-electron chi connectivity index (χ0n) is 17.6. The molecule has 152 valence electrons. The van der Waals surface area contributed by atoms with Crippen molar-refractivity contribution in [2.45, 2.75) is 58.9 Å². The fraction of sp³-hybridized carbons (Fsp3) is 0.400. The topological polar surface area (TPSA) is 63.2 Å². The number of hydrogen-bond acceptors (Lipinski definition) is 3. The molecule has 1 amide bonds. The summed E-state index contributed by atoms with van der Waals surface area (Å²) >= 11 is 0. The highest BCUT2D eigenvalue weighted by Crippen LogP contribution is 2.38. The van der Waals surface area contributed by atoms with E-state index in [1.165, 1.54) is 0 Å². The molecule has 0 radical (unpaired) electrons. The van der Waals surface area contributed by atoms with Crippen molar-refractivity contribution in [2.75, 3.05) is 0 Å². The van der Waals surface area contributed by atoms with Gasteiger partial charge in [-0.2, -0.15) is 0 Å². The normalized spacial score (nSPS) is 20.0. The second kappa shape index (κ2) is 8.73. The quantitative estimate of drug-likeness (QED) is 0.740. The van der Waals surface area contributed by atoms with Gasteiger partial charge >= 0.3 is 0 Å². The predicted molar refractivity (Wildman–Crippen MR) is 114 cm³/mol. The molecule has 29 heavy (non-hydrogen) atoms. The standard InChI is InChI=1S/C25H29NO3/c1-5-20(26-25(29)18-9-7-6-8-10-18)13-19-14-21(27)23(24(19)28)22-16(3)11-15(2)12-17(22)4/h6-12,19-20,23H,5,13-14H2,1-4H3,(H,26,29). The zero-order chi connectivity index (χ0) is 21.1. The first kappa shape index (κ1) is 21.0. The molecule has 4 nitrogen and oxygen atoms in total. The molecular weight excluding hydrogens is 362 g/mol. The average molecular weight is 392 g/mol. The molecule has 0 spiro atoms. The highest BCUT2D eigenvalue weighted by molar-refractivity contribution is 6.15. The molecule has 2 aromatic rings.